The summed E-state index contributed by atoms with van der Waals surface area (Å²) in [6, 6.07) is 15.1. The van der Waals surface area contributed by atoms with E-state index in [1.165, 1.54) is 0 Å². The summed E-state index contributed by atoms with van der Waals surface area (Å²) in [6.07, 6.45) is -0.225. The number of rotatable bonds is 0. The second-order valence-electron chi connectivity index (χ2n) is 4.84. The van der Waals surface area contributed by atoms with Crippen molar-refractivity contribution < 1.29 is 14.3 Å². The van der Waals surface area contributed by atoms with E-state index < -0.39 is 0 Å². The molecule has 3 heteroatoms. The Morgan fingerprint density at radius 3 is 2.58 bits per heavy atom. The van der Waals surface area contributed by atoms with Gasteiger partial charge in [-0.1, -0.05) is 30.3 Å². The summed E-state index contributed by atoms with van der Waals surface area (Å²) >= 11 is 0. The van der Waals surface area contributed by atoms with Crippen LogP contribution in [0, 0.1) is 0 Å². The topological polar surface area (TPSA) is 35.5 Å². The van der Waals surface area contributed by atoms with Crippen molar-refractivity contribution >= 4 is 5.78 Å². The summed E-state index contributed by atoms with van der Waals surface area (Å²) in [5.41, 5.74) is 1.60. The molecule has 0 aromatic heterocycles. The standard InChI is InChI=1S/C16H12O3/c17-16-11-6-2-4-8-13(11)19-14-9-18-12-7-3-1-5-10(12)15(14)16/h1-8,14-15H,9H2/t14-,15?/m1/s1. The highest BCUT2D eigenvalue weighted by atomic mass is 16.5. The number of ether oxygens (including phenoxy) is 2. The van der Waals surface area contributed by atoms with Gasteiger partial charge in [-0.3, -0.25) is 4.79 Å². The first-order chi connectivity index (χ1) is 9.34. The third-order valence-corrected chi connectivity index (χ3v) is 3.74. The minimum absolute atomic E-state index is 0.127. The van der Waals surface area contributed by atoms with Crippen LogP contribution in [0.15, 0.2) is 48.5 Å². The molecule has 2 aliphatic rings. The number of para-hydroxylation sites is 2. The van der Waals surface area contributed by atoms with Crippen LogP contribution in [-0.2, 0) is 0 Å². The number of carbonyl (C=O) groups is 1. The molecule has 0 saturated carbocycles. The van der Waals surface area contributed by atoms with Crippen LogP contribution in [0.3, 0.4) is 0 Å². The number of ketones is 1. The van der Waals surface area contributed by atoms with E-state index >= 15 is 0 Å². The zero-order valence-corrected chi connectivity index (χ0v) is 10.2. The first-order valence-corrected chi connectivity index (χ1v) is 6.36. The molecule has 0 fully saturated rings. The maximum Gasteiger partial charge on any atom is 0.178 e. The largest absolute Gasteiger partial charge is 0.489 e. The van der Waals surface area contributed by atoms with E-state index in [-0.39, 0.29) is 17.8 Å². The highest BCUT2D eigenvalue weighted by molar-refractivity contribution is 6.05. The Bertz CT molecular complexity index is 663. The van der Waals surface area contributed by atoms with Gasteiger partial charge in [-0.05, 0) is 18.2 Å². The lowest BCUT2D eigenvalue weighted by atomic mass is 9.82. The van der Waals surface area contributed by atoms with Crippen LogP contribution in [0.5, 0.6) is 11.5 Å². The van der Waals surface area contributed by atoms with Gasteiger partial charge in [0.2, 0.25) is 0 Å². The van der Waals surface area contributed by atoms with Gasteiger partial charge in [0, 0.05) is 5.56 Å². The van der Waals surface area contributed by atoms with Gasteiger partial charge in [0.15, 0.2) is 5.78 Å². The maximum absolute atomic E-state index is 12.7. The lowest BCUT2D eigenvalue weighted by Gasteiger charge is -2.36. The monoisotopic (exact) mass is 252 g/mol. The van der Waals surface area contributed by atoms with E-state index in [0.29, 0.717) is 17.9 Å². The molecule has 4 rings (SSSR count). The molecule has 0 bridgehead atoms. The van der Waals surface area contributed by atoms with Crippen molar-refractivity contribution in [3.63, 3.8) is 0 Å². The molecule has 0 spiro atoms. The second kappa shape index (κ2) is 3.85. The molecule has 94 valence electrons. The molecule has 2 aromatic rings. The number of benzene rings is 2. The van der Waals surface area contributed by atoms with E-state index in [4.69, 9.17) is 9.47 Å². The van der Waals surface area contributed by atoms with Gasteiger partial charge < -0.3 is 9.47 Å². The lowest BCUT2D eigenvalue weighted by molar-refractivity contribution is 0.0561. The summed E-state index contributed by atoms with van der Waals surface area (Å²) in [4.78, 5) is 12.7. The van der Waals surface area contributed by atoms with Gasteiger partial charge in [0.25, 0.3) is 0 Å². The van der Waals surface area contributed by atoms with Crippen LogP contribution in [0.2, 0.25) is 0 Å². The Balaban J connectivity index is 1.87. The van der Waals surface area contributed by atoms with Crippen molar-refractivity contribution in [3.8, 4) is 11.5 Å². The minimum atomic E-state index is -0.250. The molecule has 19 heavy (non-hydrogen) atoms. The van der Waals surface area contributed by atoms with Gasteiger partial charge in [-0.25, -0.2) is 0 Å². The van der Waals surface area contributed by atoms with Crippen molar-refractivity contribution in [2.75, 3.05) is 6.61 Å². The van der Waals surface area contributed by atoms with Gasteiger partial charge in [0.1, 0.15) is 24.2 Å². The highest BCUT2D eigenvalue weighted by Gasteiger charge is 2.42. The highest BCUT2D eigenvalue weighted by Crippen LogP contribution is 2.42. The average Bonchev–Trinajstić information content (AvgIpc) is 2.47. The Kier molecular flexibility index (Phi) is 2.15. The number of fused-ring (bicyclic) bond motifs is 4. The fourth-order valence-electron chi connectivity index (χ4n) is 2.85. The van der Waals surface area contributed by atoms with Crippen LogP contribution in [0.1, 0.15) is 21.8 Å². The molecule has 2 heterocycles. The molecule has 0 amide bonds. The lowest BCUT2D eigenvalue weighted by Crippen LogP contribution is -2.42. The summed E-state index contributed by atoms with van der Waals surface area (Å²) in [6.45, 7) is 0.418. The summed E-state index contributed by atoms with van der Waals surface area (Å²) in [5.74, 6) is 1.33. The Hall–Kier alpha value is -2.29. The average molecular weight is 252 g/mol. The first kappa shape index (κ1) is 10.6. The van der Waals surface area contributed by atoms with Crippen LogP contribution in [0.4, 0.5) is 0 Å². The van der Waals surface area contributed by atoms with Crippen molar-refractivity contribution in [3.05, 3.63) is 59.7 Å². The Morgan fingerprint density at radius 1 is 0.947 bits per heavy atom. The van der Waals surface area contributed by atoms with Crippen molar-refractivity contribution in [1.29, 1.82) is 0 Å². The molecule has 0 N–H and O–H groups in total. The van der Waals surface area contributed by atoms with E-state index in [1.807, 2.05) is 48.5 Å². The van der Waals surface area contributed by atoms with Crippen molar-refractivity contribution in [2.45, 2.75) is 12.0 Å². The molecule has 0 radical (unpaired) electrons. The molecule has 1 unspecified atom stereocenters. The predicted octanol–water partition coefficient (Wildman–Crippen LogP) is 2.81. The van der Waals surface area contributed by atoms with Gasteiger partial charge in [-0.15, -0.1) is 0 Å². The smallest absolute Gasteiger partial charge is 0.178 e. The fourth-order valence-corrected chi connectivity index (χ4v) is 2.85. The number of carbonyl (C=O) groups excluding carboxylic acids is 1. The van der Waals surface area contributed by atoms with Crippen LogP contribution >= 0.6 is 0 Å². The molecule has 0 aliphatic carbocycles. The third kappa shape index (κ3) is 1.48. The van der Waals surface area contributed by atoms with Gasteiger partial charge in [0.05, 0.1) is 11.5 Å². The number of Topliss-reactive ketones (excluding diaryl/α,β-unsaturated/α-hetero) is 1. The van der Waals surface area contributed by atoms with Crippen LogP contribution in [-0.4, -0.2) is 18.5 Å². The predicted molar refractivity (Wildman–Crippen MR) is 69.9 cm³/mol. The quantitative estimate of drug-likeness (QED) is 0.723. The van der Waals surface area contributed by atoms with Crippen LogP contribution < -0.4 is 9.47 Å². The fraction of sp³-hybridized carbons (Fsp3) is 0.188. The van der Waals surface area contributed by atoms with Crippen molar-refractivity contribution in [2.24, 2.45) is 0 Å². The molecule has 2 aliphatic heterocycles. The van der Waals surface area contributed by atoms with Gasteiger partial charge >= 0.3 is 0 Å². The van der Waals surface area contributed by atoms with Gasteiger partial charge in [-0.2, -0.15) is 0 Å². The second-order valence-corrected chi connectivity index (χ2v) is 4.84. The number of hydrogen-bond acceptors (Lipinski definition) is 3. The molecule has 2 atom stereocenters. The molecule has 0 saturated heterocycles. The summed E-state index contributed by atoms with van der Waals surface area (Å²) in [5, 5.41) is 0. The van der Waals surface area contributed by atoms with E-state index in [0.717, 1.165) is 11.3 Å². The Morgan fingerprint density at radius 2 is 1.68 bits per heavy atom. The first-order valence-electron chi connectivity index (χ1n) is 6.36. The minimum Gasteiger partial charge on any atom is -0.489 e. The zero-order chi connectivity index (χ0) is 12.8. The summed E-state index contributed by atoms with van der Waals surface area (Å²) < 4.78 is 11.6. The SMILES string of the molecule is O=C1c2ccccc2O[C@@H]2COc3ccccc3C12. The summed E-state index contributed by atoms with van der Waals surface area (Å²) in [7, 11) is 0. The van der Waals surface area contributed by atoms with Crippen molar-refractivity contribution in [1.82, 2.24) is 0 Å². The van der Waals surface area contributed by atoms with Crippen LogP contribution in [0.25, 0.3) is 0 Å². The molecule has 3 nitrogen and oxygen atoms in total. The molecular formula is C16H12O3. The zero-order valence-electron chi connectivity index (χ0n) is 10.2. The maximum atomic E-state index is 12.7. The molecule has 2 aromatic carbocycles. The van der Waals surface area contributed by atoms with E-state index in [1.54, 1.807) is 0 Å². The molecular weight excluding hydrogens is 240 g/mol. The Labute approximate surface area is 110 Å². The third-order valence-electron chi connectivity index (χ3n) is 3.74. The number of hydrogen-bond donors (Lipinski definition) is 0. The normalized spacial score (nSPS) is 23.5. The van der Waals surface area contributed by atoms with E-state index in [9.17, 15) is 4.79 Å². The van der Waals surface area contributed by atoms with E-state index in [2.05, 4.69) is 0 Å².